The van der Waals surface area contributed by atoms with Gasteiger partial charge in [0, 0.05) is 11.5 Å². The van der Waals surface area contributed by atoms with Gasteiger partial charge in [-0.1, -0.05) is 54.6 Å². The van der Waals surface area contributed by atoms with Gasteiger partial charge in [-0.2, -0.15) is 5.26 Å². The number of carbonyl (C=O) groups is 1. The Bertz CT molecular complexity index is 1290. The van der Waals surface area contributed by atoms with Gasteiger partial charge in [-0.05, 0) is 41.5 Å². The van der Waals surface area contributed by atoms with Crippen LogP contribution in [0.5, 0.6) is 11.5 Å². The van der Waals surface area contributed by atoms with Gasteiger partial charge >= 0.3 is 0 Å². The molecule has 1 atom stereocenters. The van der Waals surface area contributed by atoms with Gasteiger partial charge in [0.2, 0.25) is 5.91 Å². The van der Waals surface area contributed by atoms with Crippen molar-refractivity contribution in [1.29, 1.82) is 5.26 Å². The van der Waals surface area contributed by atoms with Crippen LogP contribution in [-0.2, 0) is 4.79 Å². The third-order valence-electron chi connectivity index (χ3n) is 5.06. The summed E-state index contributed by atoms with van der Waals surface area (Å²) in [6.45, 7) is -0.0728. The van der Waals surface area contributed by atoms with Gasteiger partial charge in [0.1, 0.15) is 23.5 Å². The fraction of sp³-hybridized carbons (Fsp3) is 0.111. The molecule has 0 saturated heterocycles. The first kappa shape index (κ1) is 21.7. The lowest BCUT2D eigenvalue weighted by Crippen LogP contribution is -2.27. The number of hydrogen-bond acceptors (Lipinski definition) is 5. The number of nitrogens with zero attached hydrogens (tertiary/aromatic N) is 1. The molecule has 0 aliphatic carbocycles. The zero-order chi connectivity index (χ0) is 23.0. The molecule has 1 N–H and O–H groups in total. The summed E-state index contributed by atoms with van der Waals surface area (Å²) in [5.41, 5.74) is 2.44. The molecular weight excluding hydrogens is 416 g/mol. The topological polar surface area (TPSA) is 84.5 Å². The Morgan fingerprint density at radius 3 is 2.61 bits per heavy atom. The Morgan fingerprint density at radius 1 is 1.06 bits per heavy atom. The molecule has 6 nitrogen and oxygen atoms in total. The van der Waals surface area contributed by atoms with Gasteiger partial charge in [-0.3, -0.25) is 4.79 Å². The van der Waals surface area contributed by atoms with Gasteiger partial charge in [0.15, 0.2) is 18.1 Å². The molecule has 4 aromatic rings. The number of fused-ring (bicyclic) bond motifs is 1. The summed E-state index contributed by atoms with van der Waals surface area (Å²) in [7, 11) is 1.52. The second-order valence-corrected chi connectivity index (χ2v) is 7.23. The molecule has 0 aliphatic rings. The molecule has 0 aliphatic heterocycles. The first-order valence-electron chi connectivity index (χ1n) is 10.4. The van der Waals surface area contributed by atoms with E-state index in [-0.39, 0.29) is 12.5 Å². The summed E-state index contributed by atoms with van der Waals surface area (Å²) in [5.74, 6) is 1.34. The molecule has 1 aromatic heterocycles. The van der Waals surface area contributed by atoms with E-state index in [2.05, 4.69) is 5.32 Å². The number of carbonyl (C=O) groups excluding carboxylic acids is 1. The van der Waals surface area contributed by atoms with Crippen molar-refractivity contribution in [1.82, 2.24) is 5.32 Å². The van der Waals surface area contributed by atoms with Crippen LogP contribution in [0.1, 0.15) is 22.9 Å². The molecule has 0 saturated carbocycles. The van der Waals surface area contributed by atoms with E-state index in [4.69, 9.17) is 19.2 Å². The van der Waals surface area contributed by atoms with Crippen LogP contribution in [0.3, 0.4) is 0 Å². The number of ether oxygens (including phenoxy) is 2. The molecule has 1 heterocycles. The lowest BCUT2D eigenvalue weighted by molar-refractivity contribution is -0.117. The van der Waals surface area contributed by atoms with Crippen LogP contribution in [0.15, 0.2) is 89.4 Å². The second-order valence-electron chi connectivity index (χ2n) is 7.23. The average molecular weight is 438 g/mol. The van der Waals surface area contributed by atoms with Crippen molar-refractivity contribution in [3.8, 4) is 17.6 Å². The fourth-order valence-electron chi connectivity index (χ4n) is 3.49. The Hall–Kier alpha value is -4.50. The summed E-state index contributed by atoms with van der Waals surface area (Å²) in [4.78, 5) is 12.8. The molecule has 0 bridgehead atoms. The summed E-state index contributed by atoms with van der Waals surface area (Å²) < 4.78 is 16.7. The number of methoxy groups -OCH3 is 1. The number of amides is 1. The first-order valence-corrected chi connectivity index (χ1v) is 10.4. The largest absolute Gasteiger partial charge is 0.493 e. The highest BCUT2D eigenvalue weighted by molar-refractivity contribution is 5.92. The molecule has 164 valence electrons. The minimum absolute atomic E-state index is 0.0728. The van der Waals surface area contributed by atoms with E-state index in [0.717, 1.165) is 22.1 Å². The summed E-state index contributed by atoms with van der Waals surface area (Å²) >= 11 is 0. The van der Waals surface area contributed by atoms with Crippen molar-refractivity contribution in [2.45, 2.75) is 6.04 Å². The van der Waals surface area contributed by atoms with E-state index in [1.807, 2.05) is 66.7 Å². The smallest absolute Gasteiger partial charge is 0.244 e. The number of rotatable bonds is 8. The molecule has 3 aromatic carbocycles. The van der Waals surface area contributed by atoms with Gasteiger partial charge in [0.05, 0.1) is 7.11 Å². The van der Waals surface area contributed by atoms with Crippen LogP contribution in [-0.4, -0.2) is 19.6 Å². The van der Waals surface area contributed by atoms with E-state index in [0.29, 0.717) is 17.3 Å². The van der Waals surface area contributed by atoms with Crippen molar-refractivity contribution in [3.05, 3.63) is 102 Å². The number of para-hydroxylation sites is 1. The normalized spacial score (nSPS) is 11.8. The SMILES string of the molecule is COc1cc(/C=C/C(=O)NC(c2ccccc2)c2cc3ccccc3o2)ccc1OCC#N. The molecule has 1 amide bonds. The third kappa shape index (κ3) is 5.23. The molecule has 1 unspecified atom stereocenters. The van der Waals surface area contributed by atoms with Gasteiger partial charge in [-0.15, -0.1) is 0 Å². The number of hydrogen-bond donors (Lipinski definition) is 1. The molecule has 6 heteroatoms. The second kappa shape index (κ2) is 10.2. The van der Waals surface area contributed by atoms with Crippen molar-refractivity contribution < 1.29 is 18.7 Å². The first-order chi connectivity index (χ1) is 16.2. The van der Waals surface area contributed by atoms with Crippen LogP contribution in [0.2, 0.25) is 0 Å². The van der Waals surface area contributed by atoms with Crippen LogP contribution < -0.4 is 14.8 Å². The monoisotopic (exact) mass is 438 g/mol. The van der Waals surface area contributed by atoms with Crippen LogP contribution in [0.25, 0.3) is 17.0 Å². The number of furan rings is 1. The fourth-order valence-corrected chi connectivity index (χ4v) is 3.49. The maximum atomic E-state index is 12.8. The Labute approximate surface area is 191 Å². The zero-order valence-corrected chi connectivity index (χ0v) is 18.0. The van der Waals surface area contributed by atoms with E-state index >= 15 is 0 Å². The quantitative estimate of drug-likeness (QED) is 0.379. The Morgan fingerprint density at radius 2 is 1.85 bits per heavy atom. The maximum absolute atomic E-state index is 12.8. The minimum atomic E-state index is -0.438. The molecule has 33 heavy (non-hydrogen) atoms. The summed E-state index contributed by atoms with van der Waals surface area (Å²) in [6.07, 6.45) is 3.15. The van der Waals surface area contributed by atoms with E-state index in [9.17, 15) is 4.79 Å². The highest BCUT2D eigenvalue weighted by Gasteiger charge is 2.20. The lowest BCUT2D eigenvalue weighted by atomic mass is 10.0. The predicted octanol–water partition coefficient (Wildman–Crippen LogP) is 5.26. The summed E-state index contributed by atoms with van der Waals surface area (Å²) in [6, 6.07) is 26.1. The highest BCUT2D eigenvalue weighted by atomic mass is 16.5. The van der Waals surface area contributed by atoms with Crippen LogP contribution in [0.4, 0.5) is 0 Å². The zero-order valence-electron chi connectivity index (χ0n) is 18.0. The lowest BCUT2D eigenvalue weighted by Gasteiger charge is -2.16. The predicted molar refractivity (Wildman–Crippen MR) is 126 cm³/mol. The Balaban J connectivity index is 1.55. The van der Waals surface area contributed by atoms with Crippen molar-refractivity contribution in [3.63, 3.8) is 0 Å². The highest BCUT2D eigenvalue weighted by Crippen LogP contribution is 2.30. The van der Waals surface area contributed by atoms with Gasteiger partial charge < -0.3 is 19.2 Å². The molecule has 0 fully saturated rings. The molecule has 4 rings (SSSR count). The number of nitrogens with one attached hydrogen (secondary N) is 1. The third-order valence-corrected chi connectivity index (χ3v) is 5.06. The molecule has 0 radical (unpaired) electrons. The van der Waals surface area contributed by atoms with Crippen molar-refractivity contribution in [2.75, 3.05) is 13.7 Å². The van der Waals surface area contributed by atoms with Crippen LogP contribution >= 0.6 is 0 Å². The van der Waals surface area contributed by atoms with E-state index in [1.54, 1.807) is 24.3 Å². The maximum Gasteiger partial charge on any atom is 0.244 e. The van der Waals surface area contributed by atoms with Gasteiger partial charge in [0.25, 0.3) is 0 Å². The van der Waals surface area contributed by atoms with E-state index in [1.165, 1.54) is 13.2 Å². The number of benzene rings is 3. The molecular formula is C27H22N2O4. The van der Waals surface area contributed by atoms with Gasteiger partial charge in [-0.25, -0.2) is 0 Å². The number of nitriles is 1. The summed E-state index contributed by atoms with van der Waals surface area (Å²) in [5, 5.41) is 12.7. The minimum Gasteiger partial charge on any atom is -0.493 e. The average Bonchev–Trinajstić information content (AvgIpc) is 3.29. The molecule has 0 spiro atoms. The van der Waals surface area contributed by atoms with E-state index < -0.39 is 6.04 Å². The van der Waals surface area contributed by atoms with Crippen LogP contribution in [0, 0.1) is 11.3 Å². The van der Waals surface area contributed by atoms with Crippen molar-refractivity contribution >= 4 is 23.0 Å². The Kier molecular flexibility index (Phi) is 6.72. The standard InChI is InChI=1S/C27H22N2O4/c1-31-24-17-19(11-13-23(24)32-16-15-28)12-14-26(30)29-27(20-7-3-2-4-8-20)25-18-21-9-5-6-10-22(21)33-25/h2-14,17-18,27H,16H2,1H3,(H,29,30)/b14-12+. The van der Waals surface area contributed by atoms with Crippen molar-refractivity contribution in [2.24, 2.45) is 0 Å².